The molecule has 0 atom stereocenters. The number of likely N-dealkylation sites (N-methyl/N-ethyl adjacent to an activating group) is 1. The number of hydrogen-bond donors (Lipinski definition) is 1. The van der Waals surface area contributed by atoms with E-state index in [-0.39, 0.29) is 18.0 Å². The fourth-order valence-corrected chi connectivity index (χ4v) is 2.68. The SMILES string of the molecule is Cc1cc(S(=O)(=O)N(C)CCN)ccc1C#N. The van der Waals surface area contributed by atoms with Crippen LogP contribution in [0.4, 0.5) is 0 Å². The number of rotatable bonds is 4. The highest BCUT2D eigenvalue weighted by atomic mass is 32.2. The van der Waals surface area contributed by atoms with Crippen molar-refractivity contribution in [1.29, 1.82) is 5.26 Å². The van der Waals surface area contributed by atoms with E-state index < -0.39 is 10.0 Å². The molecule has 17 heavy (non-hydrogen) atoms. The van der Waals surface area contributed by atoms with Crippen molar-refractivity contribution in [3.05, 3.63) is 29.3 Å². The zero-order valence-electron chi connectivity index (χ0n) is 9.84. The average molecular weight is 253 g/mol. The van der Waals surface area contributed by atoms with Gasteiger partial charge in [-0.2, -0.15) is 9.57 Å². The second-order valence-electron chi connectivity index (χ2n) is 3.70. The van der Waals surface area contributed by atoms with Crippen LogP contribution in [0.25, 0.3) is 0 Å². The third-order valence-corrected chi connectivity index (χ3v) is 4.32. The predicted octanol–water partition coefficient (Wildman–Crippen LogP) is 0.446. The summed E-state index contributed by atoms with van der Waals surface area (Å²) in [6.07, 6.45) is 0. The Balaban J connectivity index is 3.18. The summed E-state index contributed by atoms with van der Waals surface area (Å²) in [6, 6.07) is 6.45. The van der Waals surface area contributed by atoms with Gasteiger partial charge in [0.05, 0.1) is 16.5 Å². The Morgan fingerprint density at radius 1 is 1.47 bits per heavy atom. The van der Waals surface area contributed by atoms with Crippen molar-refractivity contribution in [2.45, 2.75) is 11.8 Å². The van der Waals surface area contributed by atoms with Gasteiger partial charge in [-0.3, -0.25) is 0 Å². The second-order valence-corrected chi connectivity index (χ2v) is 5.75. The first-order valence-corrected chi connectivity index (χ1v) is 6.54. The molecule has 5 nitrogen and oxygen atoms in total. The minimum atomic E-state index is -3.50. The molecule has 0 heterocycles. The number of nitrogens with two attached hydrogens (primary N) is 1. The molecule has 1 aromatic rings. The predicted molar refractivity (Wildman–Crippen MR) is 64.8 cm³/mol. The third kappa shape index (κ3) is 2.82. The first-order valence-electron chi connectivity index (χ1n) is 5.10. The second kappa shape index (κ2) is 5.27. The van der Waals surface area contributed by atoms with Gasteiger partial charge in [-0.25, -0.2) is 8.42 Å². The van der Waals surface area contributed by atoms with Crippen LogP contribution in [0, 0.1) is 18.3 Å². The number of nitriles is 1. The van der Waals surface area contributed by atoms with E-state index in [9.17, 15) is 8.42 Å². The molecule has 0 aliphatic heterocycles. The van der Waals surface area contributed by atoms with E-state index in [1.165, 1.54) is 29.6 Å². The Morgan fingerprint density at radius 3 is 2.59 bits per heavy atom. The van der Waals surface area contributed by atoms with Gasteiger partial charge in [0.25, 0.3) is 0 Å². The summed E-state index contributed by atoms with van der Waals surface area (Å²) in [6.45, 7) is 2.24. The minimum Gasteiger partial charge on any atom is -0.329 e. The zero-order valence-corrected chi connectivity index (χ0v) is 10.7. The molecule has 0 bridgehead atoms. The van der Waals surface area contributed by atoms with Crippen LogP contribution < -0.4 is 5.73 Å². The number of nitrogens with zero attached hydrogens (tertiary/aromatic N) is 2. The zero-order chi connectivity index (χ0) is 13.1. The lowest BCUT2D eigenvalue weighted by atomic mass is 10.1. The molecule has 0 radical (unpaired) electrons. The number of benzene rings is 1. The minimum absolute atomic E-state index is 0.185. The molecule has 1 aromatic carbocycles. The molecule has 0 aliphatic rings. The lowest BCUT2D eigenvalue weighted by Gasteiger charge is -2.16. The highest BCUT2D eigenvalue weighted by Crippen LogP contribution is 2.17. The van der Waals surface area contributed by atoms with Crippen LogP contribution in [0.5, 0.6) is 0 Å². The molecule has 6 heteroatoms. The van der Waals surface area contributed by atoms with Crippen molar-refractivity contribution in [1.82, 2.24) is 4.31 Å². The Bertz CT molecular complexity index is 546. The summed E-state index contributed by atoms with van der Waals surface area (Å²) in [5.41, 5.74) is 6.46. The van der Waals surface area contributed by atoms with E-state index in [0.29, 0.717) is 11.1 Å². The molecule has 0 saturated heterocycles. The smallest absolute Gasteiger partial charge is 0.242 e. The standard InChI is InChI=1S/C11H15N3O2S/c1-9-7-11(4-3-10(9)8-13)17(15,16)14(2)6-5-12/h3-4,7H,5-6,12H2,1-2H3. The van der Waals surface area contributed by atoms with Crippen LogP contribution in [0.1, 0.15) is 11.1 Å². The molecule has 0 aromatic heterocycles. The molecule has 0 saturated carbocycles. The van der Waals surface area contributed by atoms with Crippen LogP contribution in [0.3, 0.4) is 0 Å². The quantitative estimate of drug-likeness (QED) is 0.843. The summed E-state index contributed by atoms with van der Waals surface area (Å²) in [5.74, 6) is 0. The van der Waals surface area contributed by atoms with Crippen LogP contribution in [0.15, 0.2) is 23.1 Å². The van der Waals surface area contributed by atoms with Gasteiger partial charge in [0, 0.05) is 20.1 Å². The fraction of sp³-hybridized carbons (Fsp3) is 0.364. The largest absolute Gasteiger partial charge is 0.329 e. The van der Waals surface area contributed by atoms with E-state index in [0.717, 1.165) is 0 Å². The van der Waals surface area contributed by atoms with Crippen molar-refractivity contribution < 1.29 is 8.42 Å². The van der Waals surface area contributed by atoms with Crippen molar-refractivity contribution in [3.8, 4) is 6.07 Å². The van der Waals surface area contributed by atoms with Gasteiger partial charge in [-0.05, 0) is 30.7 Å². The highest BCUT2D eigenvalue weighted by molar-refractivity contribution is 7.89. The monoisotopic (exact) mass is 253 g/mol. The average Bonchev–Trinajstić information content (AvgIpc) is 2.29. The van der Waals surface area contributed by atoms with E-state index in [1.54, 1.807) is 6.92 Å². The molecule has 0 spiro atoms. The summed E-state index contributed by atoms with van der Waals surface area (Å²) in [5, 5.41) is 8.78. The van der Waals surface area contributed by atoms with Crippen molar-refractivity contribution in [2.75, 3.05) is 20.1 Å². The van der Waals surface area contributed by atoms with Gasteiger partial charge in [0.15, 0.2) is 0 Å². The lowest BCUT2D eigenvalue weighted by Crippen LogP contribution is -2.31. The maximum Gasteiger partial charge on any atom is 0.242 e. The first-order chi connectivity index (χ1) is 7.93. The van der Waals surface area contributed by atoms with E-state index in [1.807, 2.05) is 6.07 Å². The maximum absolute atomic E-state index is 12.1. The molecule has 1 rings (SSSR count). The summed E-state index contributed by atoms with van der Waals surface area (Å²) in [7, 11) is -2.02. The van der Waals surface area contributed by atoms with Gasteiger partial charge in [0.2, 0.25) is 10.0 Å². The van der Waals surface area contributed by atoms with E-state index >= 15 is 0 Å². The molecule has 2 N–H and O–H groups in total. The molecule has 0 amide bonds. The number of sulfonamides is 1. The molecule has 0 aliphatic carbocycles. The fourth-order valence-electron chi connectivity index (χ4n) is 1.40. The van der Waals surface area contributed by atoms with Gasteiger partial charge < -0.3 is 5.73 Å². The van der Waals surface area contributed by atoms with Gasteiger partial charge in [0.1, 0.15) is 0 Å². The Morgan fingerprint density at radius 2 is 2.12 bits per heavy atom. The molecular formula is C11H15N3O2S. The van der Waals surface area contributed by atoms with Gasteiger partial charge >= 0.3 is 0 Å². The first kappa shape index (κ1) is 13.6. The van der Waals surface area contributed by atoms with E-state index in [4.69, 9.17) is 11.0 Å². The Hall–Kier alpha value is -1.42. The molecule has 0 unspecified atom stereocenters. The van der Waals surface area contributed by atoms with Crippen LogP contribution >= 0.6 is 0 Å². The Labute approximate surface area is 102 Å². The van der Waals surface area contributed by atoms with Crippen molar-refractivity contribution in [2.24, 2.45) is 5.73 Å². The summed E-state index contributed by atoms with van der Waals surface area (Å²) < 4.78 is 25.3. The highest BCUT2D eigenvalue weighted by Gasteiger charge is 2.20. The van der Waals surface area contributed by atoms with Crippen LogP contribution in [-0.2, 0) is 10.0 Å². The lowest BCUT2D eigenvalue weighted by molar-refractivity contribution is 0.476. The van der Waals surface area contributed by atoms with Gasteiger partial charge in [-0.1, -0.05) is 0 Å². The van der Waals surface area contributed by atoms with Gasteiger partial charge in [-0.15, -0.1) is 0 Å². The summed E-state index contributed by atoms with van der Waals surface area (Å²) >= 11 is 0. The van der Waals surface area contributed by atoms with Crippen LogP contribution in [-0.4, -0.2) is 32.9 Å². The normalized spacial score (nSPS) is 11.5. The number of hydrogen-bond acceptors (Lipinski definition) is 4. The molecule has 0 fully saturated rings. The van der Waals surface area contributed by atoms with Crippen LogP contribution in [0.2, 0.25) is 0 Å². The third-order valence-electron chi connectivity index (χ3n) is 2.47. The topological polar surface area (TPSA) is 87.2 Å². The van der Waals surface area contributed by atoms with Crippen molar-refractivity contribution >= 4 is 10.0 Å². The molecular weight excluding hydrogens is 238 g/mol. The number of aryl methyl sites for hydroxylation is 1. The Kier molecular flexibility index (Phi) is 4.23. The molecule has 92 valence electrons. The van der Waals surface area contributed by atoms with E-state index in [2.05, 4.69) is 0 Å². The summed E-state index contributed by atoms with van der Waals surface area (Å²) in [4.78, 5) is 0.185. The maximum atomic E-state index is 12.1. The van der Waals surface area contributed by atoms with Crippen molar-refractivity contribution in [3.63, 3.8) is 0 Å².